The average Bonchev–Trinajstić information content (AvgIpc) is 3.52. The number of amides is 1. The molecule has 1 amide bonds. The molecule has 2 aliphatic heterocycles. The van der Waals surface area contributed by atoms with Gasteiger partial charge in [-0.3, -0.25) is 9.69 Å². The minimum absolute atomic E-state index is 0.0914. The zero-order chi connectivity index (χ0) is 23.5. The first-order valence-corrected chi connectivity index (χ1v) is 12.5. The molecule has 9 heteroatoms. The van der Waals surface area contributed by atoms with Crippen LogP contribution >= 0.6 is 11.8 Å². The van der Waals surface area contributed by atoms with E-state index in [1.165, 1.54) is 22.9 Å². The molecule has 0 aliphatic carbocycles. The molecule has 0 spiro atoms. The molecule has 5 rings (SSSR count). The Morgan fingerprint density at radius 1 is 1.00 bits per heavy atom. The van der Waals surface area contributed by atoms with Gasteiger partial charge in [-0.05, 0) is 35.2 Å². The van der Waals surface area contributed by atoms with Crippen molar-refractivity contribution >= 4 is 17.7 Å². The van der Waals surface area contributed by atoms with Gasteiger partial charge in [0.1, 0.15) is 0 Å². The van der Waals surface area contributed by atoms with E-state index in [4.69, 9.17) is 13.9 Å². The van der Waals surface area contributed by atoms with E-state index in [1.807, 2.05) is 23.1 Å². The van der Waals surface area contributed by atoms with Gasteiger partial charge in [0.25, 0.3) is 5.22 Å². The Morgan fingerprint density at radius 2 is 1.76 bits per heavy atom. The van der Waals surface area contributed by atoms with Crippen molar-refractivity contribution in [3.63, 3.8) is 0 Å². The van der Waals surface area contributed by atoms with E-state index in [2.05, 4.69) is 53.2 Å². The van der Waals surface area contributed by atoms with E-state index in [0.717, 1.165) is 38.3 Å². The van der Waals surface area contributed by atoms with Crippen molar-refractivity contribution in [3.8, 4) is 23.0 Å². The maximum absolute atomic E-state index is 12.7. The number of hydrogen-bond donors (Lipinski definition) is 0. The molecule has 34 heavy (non-hydrogen) atoms. The third-order valence-corrected chi connectivity index (χ3v) is 6.93. The summed E-state index contributed by atoms with van der Waals surface area (Å²) >= 11 is 1.27. The van der Waals surface area contributed by atoms with Gasteiger partial charge < -0.3 is 18.8 Å². The molecule has 1 saturated heterocycles. The Balaban J connectivity index is 1.08. The molecule has 0 atom stereocenters. The molecule has 0 unspecified atom stereocenters. The fraction of sp³-hybridized carbons (Fsp3) is 0.400. The second-order valence-corrected chi connectivity index (χ2v) is 9.71. The van der Waals surface area contributed by atoms with Gasteiger partial charge >= 0.3 is 0 Å². The number of benzene rings is 2. The Hall–Kier alpha value is -3.04. The van der Waals surface area contributed by atoms with Crippen LogP contribution in [0.5, 0.6) is 11.5 Å². The Labute approximate surface area is 203 Å². The lowest BCUT2D eigenvalue weighted by atomic mass is 10.0. The van der Waals surface area contributed by atoms with Crippen LogP contribution < -0.4 is 9.47 Å². The topological polar surface area (TPSA) is 80.9 Å². The number of hydrogen-bond acceptors (Lipinski definition) is 8. The second-order valence-electron chi connectivity index (χ2n) is 8.78. The minimum Gasteiger partial charge on any atom is -0.454 e. The van der Waals surface area contributed by atoms with Gasteiger partial charge in [-0.2, -0.15) is 0 Å². The third kappa shape index (κ3) is 5.20. The first-order valence-electron chi connectivity index (χ1n) is 11.5. The lowest BCUT2D eigenvalue weighted by molar-refractivity contribution is -0.130. The highest BCUT2D eigenvalue weighted by atomic mass is 32.2. The highest BCUT2D eigenvalue weighted by Gasteiger charge is 2.22. The van der Waals surface area contributed by atoms with Crippen LogP contribution in [0.25, 0.3) is 11.5 Å². The molecule has 2 aliphatic rings. The quantitative estimate of drug-likeness (QED) is 0.469. The number of ether oxygens (including phenoxy) is 2. The van der Waals surface area contributed by atoms with E-state index in [0.29, 0.717) is 28.5 Å². The van der Waals surface area contributed by atoms with Gasteiger partial charge in [0.05, 0.1) is 5.75 Å². The Bertz CT molecular complexity index is 1140. The lowest BCUT2D eigenvalue weighted by Gasteiger charge is -2.34. The predicted molar refractivity (Wildman–Crippen MR) is 129 cm³/mol. The van der Waals surface area contributed by atoms with Crippen molar-refractivity contribution in [2.24, 2.45) is 0 Å². The van der Waals surface area contributed by atoms with Gasteiger partial charge in [0, 0.05) is 38.3 Å². The van der Waals surface area contributed by atoms with Crippen molar-refractivity contribution in [1.82, 2.24) is 20.0 Å². The molecule has 0 radical (unpaired) electrons. The molecule has 1 aromatic heterocycles. The first-order chi connectivity index (χ1) is 16.5. The highest BCUT2D eigenvalue weighted by Crippen LogP contribution is 2.36. The fourth-order valence-electron chi connectivity index (χ4n) is 4.05. The van der Waals surface area contributed by atoms with E-state index < -0.39 is 0 Å². The van der Waals surface area contributed by atoms with Crippen molar-refractivity contribution in [2.75, 3.05) is 38.7 Å². The van der Waals surface area contributed by atoms with Crippen LogP contribution in [0.2, 0.25) is 0 Å². The maximum atomic E-state index is 12.7. The summed E-state index contributed by atoms with van der Waals surface area (Å²) < 4.78 is 16.5. The fourth-order valence-corrected chi connectivity index (χ4v) is 4.72. The van der Waals surface area contributed by atoms with E-state index in [1.54, 1.807) is 0 Å². The van der Waals surface area contributed by atoms with Crippen LogP contribution in [0, 0.1) is 0 Å². The lowest BCUT2D eigenvalue weighted by Crippen LogP contribution is -2.48. The zero-order valence-electron chi connectivity index (χ0n) is 19.4. The van der Waals surface area contributed by atoms with Crippen molar-refractivity contribution in [2.45, 2.75) is 31.5 Å². The Morgan fingerprint density at radius 3 is 2.53 bits per heavy atom. The van der Waals surface area contributed by atoms with E-state index in [9.17, 15) is 4.79 Å². The molecule has 0 saturated carbocycles. The van der Waals surface area contributed by atoms with Crippen LogP contribution in [-0.4, -0.2) is 64.6 Å². The standard InChI is InChI=1S/C25H28N4O4S/c1-17(2)19-5-3-18(4-6-19)14-28-9-11-29(12-10-28)23(30)15-34-25-27-26-24(33-25)20-7-8-21-22(13-20)32-16-31-21/h3-8,13,17H,9-12,14-16H2,1-2H3. The highest BCUT2D eigenvalue weighted by molar-refractivity contribution is 7.99. The summed E-state index contributed by atoms with van der Waals surface area (Å²) in [5, 5.41) is 8.56. The molecule has 3 aromatic rings. The summed E-state index contributed by atoms with van der Waals surface area (Å²) in [5.41, 5.74) is 3.43. The molecule has 0 bridgehead atoms. The second kappa shape index (κ2) is 10.1. The summed E-state index contributed by atoms with van der Waals surface area (Å²) in [4.78, 5) is 17.0. The summed E-state index contributed by atoms with van der Waals surface area (Å²) in [6, 6.07) is 14.3. The number of carbonyl (C=O) groups is 1. The maximum Gasteiger partial charge on any atom is 0.277 e. The predicted octanol–water partition coefficient (Wildman–Crippen LogP) is 4.03. The van der Waals surface area contributed by atoms with Crippen LogP contribution in [0.15, 0.2) is 52.1 Å². The largest absolute Gasteiger partial charge is 0.454 e. The molecule has 8 nitrogen and oxygen atoms in total. The van der Waals surface area contributed by atoms with Crippen molar-refractivity contribution in [3.05, 3.63) is 53.6 Å². The van der Waals surface area contributed by atoms with Gasteiger partial charge in [0.15, 0.2) is 11.5 Å². The number of thioether (sulfide) groups is 1. The molecule has 178 valence electrons. The summed E-state index contributed by atoms with van der Waals surface area (Å²) in [5.74, 6) is 2.67. The smallest absolute Gasteiger partial charge is 0.277 e. The number of carbonyl (C=O) groups excluding carboxylic acids is 1. The van der Waals surface area contributed by atoms with Crippen molar-refractivity contribution in [1.29, 1.82) is 0 Å². The average molecular weight is 481 g/mol. The molecular weight excluding hydrogens is 452 g/mol. The minimum atomic E-state index is 0.0914. The summed E-state index contributed by atoms with van der Waals surface area (Å²) in [7, 11) is 0. The third-order valence-electron chi connectivity index (χ3n) is 6.12. The normalized spacial score (nSPS) is 15.8. The van der Waals surface area contributed by atoms with Crippen LogP contribution in [0.1, 0.15) is 30.9 Å². The Kier molecular flexibility index (Phi) is 6.73. The number of aromatic nitrogens is 2. The van der Waals surface area contributed by atoms with E-state index >= 15 is 0 Å². The number of piperazine rings is 1. The summed E-state index contributed by atoms with van der Waals surface area (Å²) in [6.07, 6.45) is 0. The molecular formula is C25H28N4O4S. The van der Waals surface area contributed by atoms with Crippen molar-refractivity contribution < 1.29 is 18.7 Å². The zero-order valence-corrected chi connectivity index (χ0v) is 20.2. The number of nitrogens with zero attached hydrogens (tertiary/aromatic N) is 4. The van der Waals surface area contributed by atoms with Gasteiger partial charge in [0.2, 0.25) is 18.6 Å². The number of rotatable bonds is 7. The van der Waals surface area contributed by atoms with Gasteiger partial charge in [-0.25, -0.2) is 0 Å². The molecule has 1 fully saturated rings. The molecule has 0 N–H and O–H groups in total. The van der Waals surface area contributed by atoms with Crippen LogP contribution in [0.4, 0.5) is 0 Å². The van der Waals surface area contributed by atoms with Crippen LogP contribution in [0.3, 0.4) is 0 Å². The molecule has 2 aromatic carbocycles. The molecule has 3 heterocycles. The SMILES string of the molecule is CC(C)c1ccc(CN2CCN(C(=O)CSc3nnc(-c4ccc5c(c4)OCO5)o3)CC2)cc1. The monoisotopic (exact) mass is 480 g/mol. The van der Waals surface area contributed by atoms with Gasteiger partial charge in [-0.15, -0.1) is 10.2 Å². The summed E-state index contributed by atoms with van der Waals surface area (Å²) in [6.45, 7) is 8.76. The van der Waals surface area contributed by atoms with Gasteiger partial charge in [-0.1, -0.05) is 49.9 Å². The van der Waals surface area contributed by atoms with Crippen LogP contribution in [-0.2, 0) is 11.3 Å². The van der Waals surface area contributed by atoms with E-state index in [-0.39, 0.29) is 18.5 Å². The number of fused-ring (bicyclic) bond motifs is 1. The first kappa shape index (κ1) is 22.7.